The van der Waals surface area contributed by atoms with E-state index in [4.69, 9.17) is 0 Å². The average molecular weight is 322 g/mol. The molecule has 0 fully saturated rings. The van der Waals surface area contributed by atoms with E-state index >= 15 is 0 Å². The zero-order valence-electron chi connectivity index (χ0n) is 12.6. The summed E-state index contributed by atoms with van der Waals surface area (Å²) >= 11 is 0. The molecule has 2 aromatic rings. The Morgan fingerprint density at radius 2 is 2.05 bits per heavy atom. The van der Waals surface area contributed by atoms with E-state index < -0.39 is 15.9 Å². The van der Waals surface area contributed by atoms with Crippen LogP contribution in [0.15, 0.2) is 35.4 Å². The Balaban J connectivity index is 2.32. The summed E-state index contributed by atoms with van der Waals surface area (Å²) in [7, 11) is -1.86. The Morgan fingerprint density at radius 3 is 2.64 bits per heavy atom. The Labute approximate surface area is 129 Å². The monoisotopic (exact) mass is 322 g/mol. The highest BCUT2D eigenvalue weighted by Gasteiger charge is 2.17. The van der Waals surface area contributed by atoms with Crippen LogP contribution in [0.3, 0.4) is 0 Å². The second-order valence-electron chi connectivity index (χ2n) is 4.81. The highest BCUT2D eigenvalue weighted by Crippen LogP contribution is 2.17. The maximum Gasteiger partial charge on any atom is 0.257 e. The fourth-order valence-corrected chi connectivity index (χ4v) is 3.02. The van der Waals surface area contributed by atoms with Crippen molar-refractivity contribution in [3.8, 4) is 0 Å². The van der Waals surface area contributed by atoms with E-state index in [1.807, 2.05) is 0 Å². The van der Waals surface area contributed by atoms with Crippen molar-refractivity contribution in [1.82, 2.24) is 14.5 Å². The zero-order chi connectivity index (χ0) is 16.3. The first kappa shape index (κ1) is 16.2. The lowest BCUT2D eigenvalue weighted by molar-refractivity contribution is 0.102. The summed E-state index contributed by atoms with van der Waals surface area (Å²) in [6, 6.07) is 6.11. The van der Waals surface area contributed by atoms with Crippen LogP contribution in [-0.4, -0.2) is 30.7 Å². The molecule has 0 aliphatic carbocycles. The predicted octanol–water partition coefficient (Wildman–Crippen LogP) is 1.28. The van der Waals surface area contributed by atoms with Crippen molar-refractivity contribution in [2.45, 2.75) is 18.7 Å². The standard InChI is InChI=1S/C14H18N4O3S/c1-4-15-22(20,21)11-6-5-10(2)12(9-11)14(19)16-13-7-8-18(3)17-13/h5-9,15H,4H2,1-3H3,(H,16,17,19). The van der Waals surface area contributed by atoms with Gasteiger partial charge in [0.2, 0.25) is 10.0 Å². The second-order valence-corrected chi connectivity index (χ2v) is 6.57. The first-order valence-corrected chi connectivity index (χ1v) is 8.23. The molecule has 1 heterocycles. The van der Waals surface area contributed by atoms with Crippen molar-refractivity contribution in [1.29, 1.82) is 0 Å². The van der Waals surface area contributed by atoms with Gasteiger partial charge < -0.3 is 5.32 Å². The van der Waals surface area contributed by atoms with Gasteiger partial charge in [0.15, 0.2) is 5.82 Å². The molecule has 1 aromatic heterocycles. The van der Waals surface area contributed by atoms with E-state index in [2.05, 4.69) is 15.1 Å². The average Bonchev–Trinajstić information content (AvgIpc) is 2.84. The summed E-state index contributed by atoms with van der Waals surface area (Å²) in [5, 5.41) is 6.71. The minimum atomic E-state index is -3.60. The minimum absolute atomic E-state index is 0.0612. The SMILES string of the molecule is CCNS(=O)(=O)c1ccc(C)c(C(=O)Nc2ccn(C)n2)c1. The van der Waals surface area contributed by atoms with Gasteiger partial charge >= 0.3 is 0 Å². The number of hydrogen-bond donors (Lipinski definition) is 2. The lowest BCUT2D eigenvalue weighted by atomic mass is 10.1. The number of carbonyl (C=O) groups excluding carboxylic acids is 1. The van der Waals surface area contributed by atoms with Crippen LogP contribution in [0.5, 0.6) is 0 Å². The van der Waals surface area contributed by atoms with Crippen LogP contribution >= 0.6 is 0 Å². The molecule has 0 aliphatic heterocycles. The number of carbonyl (C=O) groups is 1. The summed E-state index contributed by atoms with van der Waals surface area (Å²) < 4.78 is 28.0. The first-order valence-electron chi connectivity index (χ1n) is 6.75. The van der Waals surface area contributed by atoms with Crippen molar-refractivity contribution in [3.05, 3.63) is 41.6 Å². The first-order chi connectivity index (χ1) is 10.3. The molecule has 7 nitrogen and oxygen atoms in total. The summed E-state index contributed by atoms with van der Waals surface area (Å²) in [4.78, 5) is 12.4. The molecule has 8 heteroatoms. The summed E-state index contributed by atoms with van der Waals surface area (Å²) in [6.07, 6.45) is 1.70. The molecule has 0 aliphatic rings. The topological polar surface area (TPSA) is 93.1 Å². The molecule has 0 radical (unpaired) electrons. The third-order valence-electron chi connectivity index (χ3n) is 3.05. The molecule has 0 unspecified atom stereocenters. The lowest BCUT2D eigenvalue weighted by Gasteiger charge is -2.09. The van der Waals surface area contributed by atoms with E-state index in [0.29, 0.717) is 16.9 Å². The number of hydrogen-bond acceptors (Lipinski definition) is 4. The molecule has 2 rings (SSSR count). The maximum atomic E-state index is 12.3. The predicted molar refractivity (Wildman–Crippen MR) is 83.2 cm³/mol. The summed E-state index contributed by atoms with van der Waals surface area (Å²) in [5.74, 6) is 0.0107. The molecular formula is C14H18N4O3S. The van der Waals surface area contributed by atoms with Gasteiger partial charge in [-0.2, -0.15) is 5.10 Å². The van der Waals surface area contributed by atoms with Gasteiger partial charge in [-0.1, -0.05) is 13.0 Å². The Bertz CT molecular complexity index is 796. The number of nitrogens with zero attached hydrogens (tertiary/aromatic N) is 2. The van der Waals surface area contributed by atoms with Crippen molar-refractivity contribution < 1.29 is 13.2 Å². The maximum absolute atomic E-state index is 12.3. The van der Waals surface area contributed by atoms with Gasteiger partial charge in [0.1, 0.15) is 0 Å². The zero-order valence-corrected chi connectivity index (χ0v) is 13.4. The largest absolute Gasteiger partial charge is 0.305 e. The number of amides is 1. The van der Waals surface area contributed by atoms with Crippen LogP contribution in [0, 0.1) is 6.92 Å². The molecule has 0 bridgehead atoms. The molecule has 0 saturated carbocycles. The van der Waals surface area contributed by atoms with Gasteiger partial charge in [-0.3, -0.25) is 9.48 Å². The molecule has 0 spiro atoms. The van der Waals surface area contributed by atoms with Crippen LogP contribution in [0.1, 0.15) is 22.8 Å². The van der Waals surface area contributed by atoms with Gasteiger partial charge in [-0.25, -0.2) is 13.1 Å². The van der Waals surface area contributed by atoms with Crippen LogP contribution in [-0.2, 0) is 17.1 Å². The molecule has 1 amide bonds. The van der Waals surface area contributed by atoms with Crippen molar-refractivity contribution in [3.63, 3.8) is 0 Å². The molecule has 1 aromatic carbocycles. The van der Waals surface area contributed by atoms with Gasteiger partial charge in [0, 0.05) is 31.4 Å². The fraction of sp³-hybridized carbons (Fsp3) is 0.286. The third kappa shape index (κ3) is 3.52. The Kier molecular flexibility index (Phi) is 4.62. The fourth-order valence-electron chi connectivity index (χ4n) is 1.95. The van der Waals surface area contributed by atoms with E-state index in [1.165, 1.54) is 12.1 Å². The van der Waals surface area contributed by atoms with Gasteiger partial charge in [0.05, 0.1) is 4.90 Å². The van der Waals surface area contributed by atoms with E-state index in [0.717, 1.165) is 0 Å². The lowest BCUT2D eigenvalue weighted by Crippen LogP contribution is -2.24. The number of benzene rings is 1. The normalized spacial score (nSPS) is 11.4. The number of aryl methyl sites for hydroxylation is 2. The number of nitrogens with one attached hydrogen (secondary N) is 2. The Morgan fingerprint density at radius 1 is 1.32 bits per heavy atom. The number of sulfonamides is 1. The van der Waals surface area contributed by atoms with E-state index in [1.54, 1.807) is 43.9 Å². The van der Waals surface area contributed by atoms with Crippen molar-refractivity contribution >= 4 is 21.7 Å². The highest BCUT2D eigenvalue weighted by molar-refractivity contribution is 7.89. The molecule has 118 valence electrons. The smallest absolute Gasteiger partial charge is 0.257 e. The second kappa shape index (κ2) is 6.29. The van der Waals surface area contributed by atoms with E-state index in [-0.39, 0.29) is 11.4 Å². The van der Waals surface area contributed by atoms with Crippen LogP contribution in [0.25, 0.3) is 0 Å². The summed E-state index contributed by atoms with van der Waals surface area (Å²) in [6.45, 7) is 3.73. The third-order valence-corrected chi connectivity index (χ3v) is 4.60. The highest BCUT2D eigenvalue weighted by atomic mass is 32.2. The Hall–Kier alpha value is -2.19. The van der Waals surface area contributed by atoms with Gasteiger partial charge in [0.25, 0.3) is 5.91 Å². The molecule has 0 saturated heterocycles. The molecular weight excluding hydrogens is 304 g/mol. The van der Waals surface area contributed by atoms with Crippen molar-refractivity contribution in [2.75, 3.05) is 11.9 Å². The van der Waals surface area contributed by atoms with E-state index in [9.17, 15) is 13.2 Å². The van der Waals surface area contributed by atoms with Crippen molar-refractivity contribution in [2.24, 2.45) is 7.05 Å². The summed E-state index contributed by atoms with van der Waals surface area (Å²) in [5.41, 5.74) is 0.980. The number of rotatable bonds is 5. The molecule has 2 N–H and O–H groups in total. The van der Waals surface area contributed by atoms with Gasteiger partial charge in [-0.05, 0) is 24.6 Å². The molecule has 22 heavy (non-hydrogen) atoms. The number of aromatic nitrogens is 2. The molecule has 0 atom stereocenters. The van der Waals surface area contributed by atoms with Crippen LogP contribution < -0.4 is 10.0 Å². The van der Waals surface area contributed by atoms with Crippen LogP contribution in [0.2, 0.25) is 0 Å². The van der Waals surface area contributed by atoms with Crippen LogP contribution in [0.4, 0.5) is 5.82 Å². The minimum Gasteiger partial charge on any atom is -0.305 e. The quantitative estimate of drug-likeness (QED) is 0.867. The number of anilines is 1. The van der Waals surface area contributed by atoms with Gasteiger partial charge in [-0.15, -0.1) is 0 Å².